The van der Waals surface area contributed by atoms with E-state index in [4.69, 9.17) is 18.5 Å². The third-order valence-corrected chi connectivity index (χ3v) is 10.3. The van der Waals surface area contributed by atoms with Crippen LogP contribution in [0.4, 0.5) is 0 Å². The predicted octanol–water partition coefficient (Wildman–Crippen LogP) is 11.6. The molecule has 0 fully saturated rings. The highest BCUT2D eigenvalue weighted by molar-refractivity contribution is 7.45. The lowest BCUT2D eigenvalue weighted by molar-refractivity contribution is -0.870. The van der Waals surface area contributed by atoms with Crippen LogP contribution in [-0.4, -0.2) is 70.7 Å². The molecule has 0 bridgehead atoms. The average Bonchev–Trinajstić information content (AvgIpc) is 3.08. The number of esters is 1. The summed E-state index contributed by atoms with van der Waals surface area (Å²) in [6.07, 6.45) is 38.0. The Labute approximate surface area is 316 Å². The predicted molar refractivity (Wildman–Crippen MR) is 213 cm³/mol. The maximum Gasteiger partial charge on any atom is 0.306 e. The highest BCUT2D eigenvalue weighted by Crippen LogP contribution is 2.38. The quantitative estimate of drug-likeness (QED) is 0.0203. The van der Waals surface area contributed by atoms with Crippen molar-refractivity contribution in [3.8, 4) is 0 Å². The SMILES string of the molecule is CCCCCCCCCCCCCC=CCCCOCC(COP(=O)([O-])OCC[N+](C)(C)C)OC(=O)CCCCCCCCCCCCCCC. The summed E-state index contributed by atoms with van der Waals surface area (Å²) in [6, 6.07) is 0. The van der Waals surface area contributed by atoms with Gasteiger partial charge >= 0.3 is 5.97 Å². The molecule has 2 atom stereocenters. The van der Waals surface area contributed by atoms with E-state index in [1.165, 1.54) is 135 Å². The molecule has 0 aliphatic carbocycles. The van der Waals surface area contributed by atoms with Crippen molar-refractivity contribution >= 4 is 13.8 Å². The second-order valence-corrected chi connectivity index (χ2v) is 17.1. The van der Waals surface area contributed by atoms with E-state index in [-0.39, 0.29) is 25.8 Å². The van der Waals surface area contributed by atoms with Crippen LogP contribution >= 0.6 is 7.82 Å². The van der Waals surface area contributed by atoms with E-state index in [1.807, 2.05) is 21.1 Å². The van der Waals surface area contributed by atoms with Crippen molar-refractivity contribution in [2.24, 2.45) is 0 Å². The number of allylic oxidation sites excluding steroid dienone is 2. The summed E-state index contributed by atoms with van der Waals surface area (Å²) in [5.74, 6) is -0.340. The molecule has 0 heterocycles. The monoisotopic (exact) mass is 746 g/mol. The minimum absolute atomic E-state index is 0.0249. The minimum atomic E-state index is -4.52. The Morgan fingerprint density at radius 2 is 1.02 bits per heavy atom. The minimum Gasteiger partial charge on any atom is -0.756 e. The van der Waals surface area contributed by atoms with Crippen molar-refractivity contribution in [2.75, 3.05) is 54.1 Å². The lowest BCUT2D eigenvalue weighted by Gasteiger charge is -2.28. The highest BCUT2D eigenvalue weighted by Gasteiger charge is 2.20. The van der Waals surface area contributed by atoms with Crippen molar-refractivity contribution in [2.45, 2.75) is 200 Å². The molecule has 0 aliphatic heterocycles. The zero-order valence-corrected chi connectivity index (χ0v) is 35.2. The normalized spacial score (nSPS) is 13.9. The van der Waals surface area contributed by atoms with Crippen molar-refractivity contribution in [1.82, 2.24) is 0 Å². The zero-order chi connectivity index (χ0) is 37.7. The van der Waals surface area contributed by atoms with Gasteiger partial charge in [-0.3, -0.25) is 9.36 Å². The molecule has 0 aromatic rings. The smallest absolute Gasteiger partial charge is 0.306 e. The lowest BCUT2D eigenvalue weighted by atomic mass is 10.0. The van der Waals surface area contributed by atoms with Gasteiger partial charge in [-0.1, -0.05) is 167 Å². The van der Waals surface area contributed by atoms with Crippen LogP contribution < -0.4 is 4.89 Å². The molecule has 0 saturated carbocycles. The van der Waals surface area contributed by atoms with Gasteiger partial charge in [0.15, 0.2) is 0 Å². The van der Waals surface area contributed by atoms with Crippen LogP contribution in [0.2, 0.25) is 0 Å². The van der Waals surface area contributed by atoms with Crippen molar-refractivity contribution in [3.05, 3.63) is 12.2 Å². The number of hydrogen-bond acceptors (Lipinski definition) is 7. The van der Waals surface area contributed by atoms with Crippen molar-refractivity contribution in [3.63, 3.8) is 0 Å². The summed E-state index contributed by atoms with van der Waals surface area (Å²) in [6.45, 7) is 5.35. The topological polar surface area (TPSA) is 94.1 Å². The Hall–Kier alpha value is -0.760. The maximum absolute atomic E-state index is 12.6. The summed E-state index contributed by atoms with van der Waals surface area (Å²) in [5, 5.41) is 0. The van der Waals surface area contributed by atoms with Crippen LogP contribution in [-0.2, 0) is 27.9 Å². The number of quaternary nitrogens is 1. The first-order valence-corrected chi connectivity index (χ1v) is 22.9. The van der Waals surface area contributed by atoms with E-state index in [0.29, 0.717) is 24.1 Å². The molecule has 0 rings (SSSR count). The molecule has 304 valence electrons. The van der Waals surface area contributed by atoms with Crippen LogP contribution in [0, 0.1) is 0 Å². The lowest BCUT2D eigenvalue weighted by Crippen LogP contribution is -2.37. The Bertz CT molecular complexity index is 833. The van der Waals surface area contributed by atoms with Crippen LogP contribution in [0.3, 0.4) is 0 Å². The molecule has 0 saturated heterocycles. The number of nitrogens with zero attached hydrogens (tertiary/aromatic N) is 1. The molecule has 0 aromatic carbocycles. The first-order chi connectivity index (χ1) is 24.6. The second kappa shape index (κ2) is 36.2. The zero-order valence-electron chi connectivity index (χ0n) is 34.3. The number of likely N-dealkylation sites (N-methyl/N-ethyl adjacent to an activating group) is 1. The van der Waals surface area contributed by atoms with E-state index in [1.54, 1.807) is 0 Å². The molecule has 8 nitrogen and oxygen atoms in total. The number of unbranched alkanes of at least 4 members (excludes halogenated alkanes) is 24. The van der Waals surface area contributed by atoms with Gasteiger partial charge in [0, 0.05) is 13.0 Å². The molecule has 0 aliphatic rings. The number of phosphoric acid groups is 1. The van der Waals surface area contributed by atoms with Gasteiger partial charge in [0.1, 0.15) is 19.3 Å². The third-order valence-electron chi connectivity index (χ3n) is 9.32. The van der Waals surface area contributed by atoms with Crippen LogP contribution in [0.1, 0.15) is 194 Å². The molecule has 0 radical (unpaired) electrons. The third kappa shape index (κ3) is 40.3. The molecule has 51 heavy (non-hydrogen) atoms. The second-order valence-electron chi connectivity index (χ2n) is 15.7. The van der Waals surface area contributed by atoms with E-state index < -0.39 is 13.9 Å². The van der Waals surface area contributed by atoms with Gasteiger partial charge < -0.3 is 27.9 Å². The Morgan fingerprint density at radius 3 is 1.49 bits per heavy atom. The van der Waals surface area contributed by atoms with E-state index in [2.05, 4.69) is 26.0 Å². The summed E-state index contributed by atoms with van der Waals surface area (Å²) in [5.41, 5.74) is 0. The molecule has 9 heteroatoms. The van der Waals surface area contributed by atoms with Gasteiger partial charge in [-0.25, -0.2) is 0 Å². The molecular formula is C42H84NO7P. The fourth-order valence-corrected chi connectivity index (χ4v) is 6.70. The number of carbonyl (C=O) groups excluding carboxylic acids is 1. The Kier molecular flexibility index (Phi) is 35.7. The Morgan fingerprint density at radius 1 is 0.588 bits per heavy atom. The number of carbonyl (C=O) groups is 1. The number of hydrogen-bond donors (Lipinski definition) is 0. The van der Waals surface area contributed by atoms with Crippen LogP contribution in [0.25, 0.3) is 0 Å². The fourth-order valence-electron chi connectivity index (χ4n) is 5.97. The number of rotatable bonds is 40. The summed E-state index contributed by atoms with van der Waals surface area (Å²) in [7, 11) is 1.35. The van der Waals surface area contributed by atoms with E-state index >= 15 is 0 Å². The first-order valence-electron chi connectivity index (χ1n) is 21.4. The van der Waals surface area contributed by atoms with Gasteiger partial charge in [0.25, 0.3) is 7.82 Å². The number of phosphoric ester groups is 1. The van der Waals surface area contributed by atoms with Gasteiger partial charge in [0.2, 0.25) is 0 Å². The first kappa shape index (κ1) is 50.2. The average molecular weight is 746 g/mol. The summed E-state index contributed by atoms with van der Waals surface area (Å²) < 4.78 is 34.5. The van der Waals surface area contributed by atoms with E-state index in [0.717, 1.165) is 38.5 Å². The van der Waals surface area contributed by atoms with Gasteiger partial charge in [0.05, 0.1) is 34.4 Å². The summed E-state index contributed by atoms with van der Waals surface area (Å²) >= 11 is 0. The Balaban J connectivity index is 4.25. The van der Waals surface area contributed by atoms with Gasteiger partial charge in [-0.05, 0) is 32.1 Å². The van der Waals surface area contributed by atoms with Crippen molar-refractivity contribution < 1.29 is 37.3 Å². The van der Waals surface area contributed by atoms with Crippen molar-refractivity contribution in [1.29, 1.82) is 0 Å². The van der Waals surface area contributed by atoms with Crippen LogP contribution in [0.15, 0.2) is 12.2 Å². The van der Waals surface area contributed by atoms with E-state index in [9.17, 15) is 14.3 Å². The van der Waals surface area contributed by atoms with Gasteiger partial charge in [-0.15, -0.1) is 0 Å². The largest absolute Gasteiger partial charge is 0.756 e. The molecule has 0 amide bonds. The molecule has 0 spiro atoms. The van der Waals surface area contributed by atoms with Gasteiger partial charge in [-0.2, -0.15) is 0 Å². The standard InChI is InChI=1S/C42H84NO7P/c1-6-8-10-12-14-16-18-20-21-22-24-26-28-30-32-34-37-47-39-41(40-49-51(45,46)48-38-36-43(3,4)5)50-42(44)35-33-31-29-27-25-23-19-17-15-13-11-9-7-2/h28,30,41H,6-27,29,31-40H2,1-5H3. The number of ether oxygens (including phenoxy) is 2. The molecule has 0 aromatic heterocycles. The fraction of sp³-hybridized carbons (Fsp3) is 0.929. The highest BCUT2D eigenvalue weighted by atomic mass is 31.2. The molecule has 2 unspecified atom stereocenters. The molecular weight excluding hydrogens is 661 g/mol. The molecule has 0 N–H and O–H groups in total. The maximum atomic E-state index is 12.6. The summed E-state index contributed by atoms with van der Waals surface area (Å²) in [4.78, 5) is 25.0. The van der Waals surface area contributed by atoms with Crippen LogP contribution in [0.5, 0.6) is 0 Å².